The monoisotopic (exact) mass is 454 g/mol. The van der Waals surface area contributed by atoms with Gasteiger partial charge in [0.2, 0.25) is 27.5 Å². The molecule has 0 bridgehead atoms. The Bertz CT molecular complexity index is 1160. The lowest BCUT2D eigenvalue weighted by molar-refractivity contribution is 0.423. The third-order valence-electron chi connectivity index (χ3n) is 5.47. The van der Waals surface area contributed by atoms with E-state index in [-0.39, 0.29) is 16.5 Å². The van der Waals surface area contributed by atoms with Gasteiger partial charge in [-0.1, -0.05) is 12.8 Å². The first-order chi connectivity index (χ1) is 15.6. The quantitative estimate of drug-likeness (QED) is 0.518. The van der Waals surface area contributed by atoms with Gasteiger partial charge in [-0.2, -0.15) is 14.6 Å². The fraction of sp³-hybridized carbons (Fsp3) is 0.409. The number of anilines is 1. The number of benzene rings is 1. The molecule has 9 nitrogen and oxygen atoms in total. The fourth-order valence-corrected chi connectivity index (χ4v) is 5.24. The van der Waals surface area contributed by atoms with Crippen LogP contribution in [0.15, 0.2) is 52.3 Å². The molecule has 1 aliphatic rings. The molecule has 0 aliphatic carbocycles. The number of hydrogen-bond donors (Lipinski definition) is 1. The van der Waals surface area contributed by atoms with Crippen LogP contribution in [0.2, 0.25) is 0 Å². The zero-order chi connectivity index (χ0) is 22.4. The summed E-state index contributed by atoms with van der Waals surface area (Å²) in [6.07, 6.45) is 10.1. The van der Waals surface area contributed by atoms with Crippen LogP contribution in [0.1, 0.15) is 37.8 Å². The molecule has 0 saturated carbocycles. The van der Waals surface area contributed by atoms with Crippen molar-refractivity contribution in [3.05, 3.63) is 48.7 Å². The van der Waals surface area contributed by atoms with Crippen LogP contribution >= 0.6 is 0 Å². The van der Waals surface area contributed by atoms with Crippen LogP contribution in [0.4, 0.5) is 5.88 Å². The van der Waals surface area contributed by atoms with E-state index in [2.05, 4.69) is 15.3 Å². The lowest BCUT2D eigenvalue weighted by Crippen LogP contribution is -2.31. The van der Waals surface area contributed by atoms with Crippen molar-refractivity contribution in [3.63, 3.8) is 0 Å². The second kappa shape index (κ2) is 9.97. The summed E-state index contributed by atoms with van der Waals surface area (Å²) in [5, 5.41) is 12.5. The number of rotatable bonds is 8. The molecule has 1 aliphatic heterocycles. The second-order valence-corrected chi connectivity index (χ2v) is 9.67. The average molecular weight is 455 g/mol. The summed E-state index contributed by atoms with van der Waals surface area (Å²) in [5.74, 6) is 0.590. The van der Waals surface area contributed by atoms with Crippen molar-refractivity contribution in [3.8, 4) is 17.5 Å². The minimum absolute atomic E-state index is 0.170. The normalized spacial score (nSPS) is 15.2. The molecule has 10 heteroatoms. The maximum absolute atomic E-state index is 13.0. The van der Waals surface area contributed by atoms with Crippen LogP contribution in [0, 0.1) is 11.3 Å². The molecule has 4 rings (SSSR count). The number of sulfonamides is 1. The molecular weight excluding hydrogens is 428 g/mol. The van der Waals surface area contributed by atoms with Crippen molar-refractivity contribution in [2.24, 2.45) is 0 Å². The Hall–Kier alpha value is -3.16. The number of nitrogens with zero attached hydrogens (tertiary/aromatic N) is 5. The lowest BCUT2D eigenvalue weighted by atomic mass is 10.2. The maximum atomic E-state index is 13.0. The highest BCUT2D eigenvalue weighted by Crippen LogP contribution is 2.27. The highest BCUT2D eigenvalue weighted by molar-refractivity contribution is 7.89. The Morgan fingerprint density at radius 3 is 2.53 bits per heavy atom. The average Bonchev–Trinajstić information content (AvgIpc) is 3.39. The molecule has 168 valence electrons. The summed E-state index contributed by atoms with van der Waals surface area (Å²) in [5.41, 5.74) is 0.784. The second-order valence-electron chi connectivity index (χ2n) is 7.73. The van der Waals surface area contributed by atoms with E-state index in [0.717, 1.165) is 38.6 Å². The molecule has 2 aromatic heterocycles. The summed E-state index contributed by atoms with van der Waals surface area (Å²) in [7, 11) is -3.51. The number of nitriles is 1. The molecule has 0 unspecified atom stereocenters. The summed E-state index contributed by atoms with van der Waals surface area (Å²) < 4.78 is 35.2. The van der Waals surface area contributed by atoms with E-state index in [9.17, 15) is 13.7 Å². The largest absolute Gasteiger partial charge is 0.419 e. The van der Waals surface area contributed by atoms with Gasteiger partial charge < -0.3 is 14.3 Å². The van der Waals surface area contributed by atoms with E-state index < -0.39 is 10.0 Å². The number of aryl methyl sites for hydroxylation is 1. The number of nitrogens with one attached hydrogen (secondary N) is 1. The highest BCUT2D eigenvalue weighted by atomic mass is 32.2. The van der Waals surface area contributed by atoms with Crippen molar-refractivity contribution in [2.45, 2.75) is 43.5 Å². The smallest absolute Gasteiger partial charge is 0.243 e. The van der Waals surface area contributed by atoms with Crippen LogP contribution in [0.25, 0.3) is 11.5 Å². The van der Waals surface area contributed by atoms with Crippen molar-refractivity contribution in [1.29, 1.82) is 5.26 Å². The highest BCUT2D eigenvalue weighted by Gasteiger charge is 2.25. The van der Waals surface area contributed by atoms with Crippen LogP contribution in [-0.4, -0.2) is 46.9 Å². The zero-order valence-electron chi connectivity index (χ0n) is 17.8. The molecule has 1 N–H and O–H groups in total. The third-order valence-corrected chi connectivity index (χ3v) is 7.39. The minimum atomic E-state index is -3.51. The SMILES string of the molecule is N#Cc1nc(-c2ccc(S(=O)(=O)N3CCCCCC3)cc2)oc1NCCCn1ccnc1. The van der Waals surface area contributed by atoms with Gasteiger partial charge in [0.05, 0.1) is 11.2 Å². The Morgan fingerprint density at radius 2 is 1.88 bits per heavy atom. The molecule has 1 saturated heterocycles. The molecule has 3 aromatic rings. The lowest BCUT2D eigenvalue weighted by Gasteiger charge is -2.19. The minimum Gasteiger partial charge on any atom is -0.419 e. The summed E-state index contributed by atoms with van der Waals surface area (Å²) in [4.78, 5) is 8.52. The first kappa shape index (κ1) is 22.0. The standard InChI is InChI=1S/C22H26N6O3S/c23-16-20-22(25-10-5-12-27-15-11-24-17-27)31-21(26-20)18-6-8-19(9-7-18)32(29,30)28-13-3-1-2-4-14-28/h6-9,11,15,17,25H,1-5,10,12-14H2. The van der Waals surface area contributed by atoms with Gasteiger partial charge in [0.1, 0.15) is 6.07 Å². The molecule has 0 amide bonds. The van der Waals surface area contributed by atoms with Gasteiger partial charge in [0, 0.05) is 44.1 Å². The maximum Gasteiger partial charge on any atom is 0.243 e. The van der Waals surface area contributed by atoms with Gasteiger partial charge in [0.25, 0.3) is 0 Å². The molecule has 32 heavy (non-hydrogen) atoms. The van der Waals surface area contributed by atoms with Crippen molar-refractivity contribution in [1.82, 2.24) is 18.8 Å². The third kappa shape index (κ3) is 5.00. The van der Waals surface area contributed by atoms with E-state index in [1.54, 1.807) is 41.1 Å². The molecule has 3 heterocycles. The van der Waals surface area contributed by atoms with E-state index in [1.165, 1.54) is 0 Å². The van der Waals surface area contributed by atoms with Gasteiger partial charge in [-0.15, -0.1) is 0 Å². The summed E-state index contributed by atoms with van der Waals surface area (Å²) in [6, 6.07) is 8.52. The zero-order valence-corrected chi connectivity index (χ0v) is 18.6. The molecule has 1 aromatic carbocycles. The number of aromatic nitrogens is 3. The number of oxazole rings is 1. The molecular formula is C22H26N6O3S. The van der Waals surface area contributed by atoms with Crippen LogP contribution in [0.3, 0.4) is 0 Å². The van der Waals surface area contributed by atoms with Gasteiger partial charge in [-0.25, -0.2) is 13.4 Å². The van der Waals surface area contributed by atoms with Crippen molar-refractivity contribution < 1.29 is 12.8 Å². The molecule has 0 atom stereocenters. The predicted octanol–water partition coefficient (Wildman–Crippen LogP) is 3.48. The van der Waals surface area contributed by atoms with Gasteiger partial charge in [-0.3, -0.25) is 0 Å². The fourth-order valence-electron chi connectivity index (χ4n) is 3.72. The summed E-state index contributed by atoms with van der Waals surface area (Å²) >= 11 is 0. The number of hydrogen-bond acceptors (Lipinski definition) is 7. The van der Waals surface area contributed by atoms with Crippen molar-refractivity contribution >= 4 is 15.9 Å². The van der Waals surface area contributed by atoms with E-state index >= 15 is 0 Å². The molecule has 0 radical (unpaired) electrons. The Morgan fingerprint density at radius 1 is 1.12 bits per heavy atom. The molecule has 1 fully saturated rings. The van der Waals surface area contributed by atoms with Gasteiger partial charge in [0.15, 0.2) is 0 Å². The topological polar surface area (TPSA) is 117 Å². The van der Waals surface area contributed by atoms with E-state index in [0.29, 0.717) is 31.1 Å². The van der Waals surface area contributed by atoms with E-state index in [4.69, 9.17) is 4.42 Å². The Kier molecular flexibility index (Phi) is 6.87. The molecule has 0 spiro atoms. The van der Waals surface area contributed by atoms with E-state index in [1.807, 2.05) is 16.8 Å². The first-order valence-electron chi connectivity index (χ1n) is 10.8. The Labute approximate surface area is 187 Å². The van der Waals surface area contributed by atoms with Gasteiger partial charge in [-0.05, 0) is 43.5 Å². The van der Waals surface area contributed by atoms with Gasteiger partial charge >= 0.3 is 0 Å². The Balaban J connectivity index is 1.43. The van der Waals surface area contributed by atoms with Crippen LogP contribution < -0.4 is 5.32 Å². The predicted molar refractivity (Wildman–Crippen MR) is 119 cm³/mol. The van der Waals surface area contributed by atoms with Crippen LogP contribution in [0.5, 0.6) is 0 Å². The van der Waals surface area contributed by atoms with Crippen molar-refractivity contribution in [2.75, 3.05) is 25.0 Å². The first-order valence-corrected chi connectivity index (χ1v) is 12.2. The summed E-state index contributed by atoms with van der Waals surface area (Å²) in [6.45, 7) is 2.52. The van der Waals surface area contributed by atoms with Crippen LogP contribution in [-0.2, 0) is 16.6 Å². The number of imidazole rings is 1.